The topological polar surface area (TPSA) is 81.3 Å². The second-order valence-corrected chi connectivity index (χ2v) is 10.5. The fraction of sp³-hybridized carbons (Fsp3) is 0.727. The molecule has 0 unspecified atom stereocenters. The molecular weight excluding hydrogens is 398 g/mol. The van der Waals surface area contributed by atoms with Crippen molar-refractivity contribution in [1.29, 1.82) is 0 Å². The number of aromatic nitrogens is 4. The minimum Gasteiger partial charge on any atom is -0.346 e. The zero-order valence-electron chi connectivity index (χ0n) is 17.9. The second-order valence-electron chi connectivity index (χ2n) is 9.71. The normalized spacial score (nSPS) is 29.6. The van der Waals surface area contributed by atoms with Crippen molar-refractivity contribution in [2.24, 2.45) is 17.8 Å². The van der Waals surface area contributed by atoms with Crippen molar-refractivity contribution < 1.29 is 4.79 Å². The number of unbranched alkanes of at least 4 members (excludes halogenated alkanes) is 2. The Balaban J connectivity index is 1.47. The van der Waals surface area contributed by atoms with Gasteiger partial charge in [0.1, 0.15) is 5.56 Å². The van der Waals surface area contributed by atoms with Crippen LogP contribution in [0.4, 0.5) is 0 Å². The van der Waals surface area contributed by atoms with Gasteiger partial charge in [-0.05, 0) is 69.0 Å². The molecule has 1 N–H and O–H groups in total. The number of amides is 1. The Bertz CT molecular complexity index is 991. The maximum Gasteiger partial charge on any atom is 0.288 e. The molecule has 0 atom stereocenters. The molecule has 0 aromatic carbocycles. The summed E-state index contributed by atoms with van der Waals surface area (Å²) in [5.41, 5.74) is -0.299. The van der Waals surface area contributed by atoms with E-state index in [2.05, 4.69) is 22.3 Å². The Morgan fingerprint density at radius 2 is 1.87 bits per heavy atom. The van der Waals surface area contributed by atoms with Crippen LogP contribution >= 0.6 is 11.8 Å². The zero-order chi connectivity index (χ0) is 20.9. The van der Waals surface area contributed by atoms with Crippen LogP contribution in [0.2, 0.25) is 0 Å². The maximum absolute atomic E-state index is 13.4. The van der Waals surface area contributed by atoms with E-state index < -0.39 is 0 Å². The lowest BCUT2D eigenvalue weighted by molar-refractivity contribution is -0.0167. The van der Waals surface area contributed by atoms with Crippen molar-refractivity contribution in [3.8, 4) is 0 Å². The smallest absolute Gasteiger partial charge is 0.288 e. The lowest BCUT2D eigenvalue weighted by atomic mass is 9.53. The van der Waals surface area contributed by atoms with E-state index in [4.69, 9.17) is 0 Å². The molecule has 1 amide bonds. The monoisotopic (exact) mass is 429 g/mol. The SMILES string of the molecule is CCCCCn1cc(C(=O)NC23CC4CC(CC(C4)C2)C3)c(=O)n2nc(SC)nc12. The largest absolute Gasteiger partial charge is 0.346 e. The molecule has 2 aromatic heterocycles. The standard InChI is InChI=1S/C22H31N5O2S/c1-3-4-5-6-26-13-17(19(29)27-21(26)23-20(25-27)30-2)18(28)24-22-10-14-7-15(11-22)9-16(8-14)12-22/h13-16H,3-12H2,1-2H3,(H,24,28). The highest BCUT2D eigenvalue weighted by Gasteiger charge is 2.51. The Morgan fingerprint density at radius 3 is 2.47 bits per heavy atom. The van der Waals surface area contributed by atoms with Gasteiger partial charge < -0.3 is 9.88 Å². The van der Waals surface area contributed by atoms with Crippen LogP contribution in [0.15, 0.2) is 16.1 Å². The lowest BCUT2D eigenvalue weighted by Crippen LogP contribution is -2.60. The Kier molecular flexibility index (Phi) is 5.16. The first-order valence-corrected chi connectivity index (χ1v) is 12.6. The van der Waals surface area contributed by atoms with E-state index in [0.717, 1.165) is 62.8 Å². The minimum absolute atomic E-state index is 0.118. The molecule has 6 rings (SSSR count). The van der Waals surface area contributed by atoms with Gasteiger partial charge in [0.2, 0.25) is 10.9 Å². The Labute approximate surface area is 181 Å². The van der Waals surface area contributed by atoms with Gasteiger partial charge in [-0.1, -0.05) is 31.5 Å². The number of thioether (sulfide) groups is 1. The molecule has 162 valence electrons. The van der Waals surface area contributed by atoms with Gasteiger partial charge in [0, 0.05) is 18.3 Å². The van der Waals surface area contributed by atoms with Crippen LogP contribution in [0.25, 0.3) is 5.78 Å². The van der Waals surface area contributed by atoms with Gasteiger partial charge in [0.15, 0.2) is 0 Å². The van der Waals surface area contributed by atoms with Crippen LogP contribution in [0, 0.1) is 17.8 Å². The average molecular weight is 430 g/mol. The van der Waals surface area contributed by atoms with Gasteiger partial charge in [-0.25, -0.2) is 0 Å². The van der Waals surface area contributed by atoms with Gasteiger partial charge in [-0.2, -0.15) is 9.50 Å². The first kappa shape index (κ1) is 20.1. The van der Waals surface area contributed by atoms with Gasteiger partial charge >= 0.3 is 0 Å². The summed E-state index contributed by atoms with van der Waals surface area (Å²) in [4.78, 5) is 31.0. The molecule has 4 fully saturated rings. The summed E-state index contributed by atoms with van der Waals surface area (Å²) in [5.74, 6) is 2.50. The number of nitrogens with zero attached hydrogens (tertiary/aromatic N) is 4. The molecule has 0 radical (unpaired) electrons. The number of carbonyl (C=O) groups excluding carboxylic acids is 1. The number of hydrogen-bond donors (Lipinski definition) is 1. The summed E-state index contributed by atoms with van der Waals surface area (Å²) in [5, 5.41) is 8.24. The number of carbonyl (C=O) groups is 1. The third kappa shape index (κ3) is 3.47. The number of fused-ring (bicyclic) bond motifs is 1. The fourth-order valence-corrected chi connectivity index (χ4v) is 6.84. The van der Waals surface area contributed by atoms with Crippen molar-refractivity contribution in [2.45, 2.75) is 82.0 Å². The number of rotatable bonds is 7. The number of nitrogens with one attached hydrogen (secondary N) is 1. The van der Waals surface area contributed by atoms with Gasteiger partial charge in [-0.15, -0.1) is 5.10 Å². The summed E-state index contributed by atoms with van der Waals surface area (Å²) in [6.45, 7) is 2.88. The summed E-state index contributed by atoms with van der Waals surface area (Å²) in [7, 11) is 0. The van der Waals surface area contributed by atoms with Crippen molar-refractivity contribution in [3.63, 3.8) is 0 Å². The predicted octanol–water partition coefficient (Wildman–Crippen LogP) is 3.50. The lowest BCUT2D eigenvalue weighted by Gasteiger charge is -2.56. The van der Waals surface area contributed by atoms with Crippen molar-refractivity contribution in [1.82, 2.24) is 24.5 Å². The highest BCUT2D eigenvalue weighted by atomic mass is 32.2. The quantitative estimate of drug-likeness (QED) is 0.538. The Morgan fingerprint density at radius 1 is 1.20 bits per heavy atom. The highest BCUT2D eigenvalue weighted by molar-refractivity contribution is 7.98. The third-order valence-electron chi connectivity index (χ3n) is 7.38. The molecule has 4 bridgehead atoms. The molecule has 8 heteroatoms. The van der Waals surface area contributed by atoms with Crippen molar-refractivity contribution >= 4 is 23.4 Å². The van der Waals surface area contributed by atoms with E-state index in [-0.39, 0.29) is 22.6 Å². The predicted molar refractivity (Wildman–Crippen MR) is 117 cm³/mol. The summed E-state index contributed by atoms with van der Waals surface area (Å²) >= 11 is 1.40. The molecule has 0 aliphatic heterocycles. The summed E-state index contributed by atoms with van der Waals surface area (Å²) in [6.07, 6.45) is 13.9. The molecule has 2 heterocycles. The maximum atomic E-state index is 13.4. The third-order valence-corrected chi connectivity index (χ3v) is 7.92. The second kappa shape index (κ2) is 7.70. The van der Waals surface area contributed by atoms with Crippen LogP contribution in [0.1, 0.15) is 75.1 Å². The number of hydrogen-bond acceptors (Lipinski definition) is 5. The van der Waals surface area contributed by atoms with E-state index in [1.807, 2.05) is 10.8 Å². The molecular formula is C22H31N5O2S. The van der Waals surface area contributed by atoms with Crippen LogP contribution in [0.5, 0.6) is 0 Å². The molecule has 2 aromatic rings. The van der Waals surface area contributed by atoms with Crippen LogP contribution in [-0.2, 0) is 6.54 Å². The van der Waals surface area contributed by atoms with Gasteiger partial charge in [-0.3, -0.25) is 9.59 Å². The molecule has 4 saturated carbocycles. The molecule has 4 aliphatic carbocycles. The number of aryl methyl sites for hydroxylation is 1. The van der Waals surface area contributed by atoms with E-state index in [1.165, 1.54) is 35.5 Å². The average Bonchev–Trinajstić information content (AvgIpc) is 3.13. The first-order valence-electron chi connectivity index (χ1n) is 11.4. The highest BCUT2D eigenvalue weighted by Crippen LogP contribution is 2.55. The molecule has 4 aliphatic rings. The zero-order valence-corrected chi connectivity index (χ0v) is 18.7. The van der Waals surface area contributed by atoms with Crippen LogP contribution in [-0.4, -0.2) is 36.9 Å². The molecule has 0 saturated heterocycles. The summed E-state index contributed by atoms with van der Waals surface area (Å²) in [6, 6.07) is 0. The van der Waals surface area contributed by atoms with E-state index in [9.17, 15) is 9.59 Å². The Hall–Kier alpha value is -1.83. The fourth-order valence-electron chi connectivity index (χ4n) is 6.50. The van der Waals surface area contributed by atoms with Gasteiger partial charge in [0.05, 0.1) is 0 Å². The first-order chi connectivity index (χ1) is 14.5. The van der Waals surface area contributed by atoms with Crippen molar-refractivity contribution in [3.05, 3.63) is 22.1 Å². The van der Waals surface area contributed by atoms with E-state index in [1.54, 1.807) is 6.20 Å². The van der Waals surface area contributed by atoms with Crippen LogP contribution in [0.3, 0.4) is 0 Å². The van der Waals surface area contributed by atoms with Crippen LogP contribution < -0.4 is 10.9 Å². The van der Waals surface area contributed by atoms with Gasteiger partial charge in [0.25, 0.3) is 11.5 Å². The van der Waals surface area contributed by atoms with E-state index in [0.29, 0.717) is 10.9 Å². The molecule has 7 nitrogen and oxygen atoms in total. The minimum atomic E-state index is -0.369. The molecule has 30 heavy (non-hydrogen) atoms. The van der Waals surface area contributed by atoms with E-state index >= 15 is 0 Å². The molecule has 0 spiro atoms. The summed E-state index contributed by atoms with van der Waals surface area (Å²) < 4.78 is 3.24. The van der Waals surface area contributed by atoms with Crippen molar-refractivity contribution in [2.75, 3.05) is 6.26 Å².